The minimum absolute atomic E-state index is 0.731. The normalized spacial score (nSPS) is 18.8. The Kier molecular flexibility index (Phi) is 3.07. The van der Waals surface area contributed by atoms with E-state index in [-0.39, 0.29) is 0 Å². The Balaban J connectivity index is 2.54. The maximum Gasteiger partial charge on any atom is 0.105 e. The monoisotopic (exact) mass is 92.0 g/mol. The number of hydrogen-bond donors (Lipinski definition) is 0. The van der Waals surface area contributed by atoms with Gasteiger partial charge in [-0.15, -0.1) is 9.24 Å². The second kappa shape index (κ2) is 3.92. The van der Waals surface area contributed by atoms with Gasteiger partial charge in [0.25, 0.3) is 0 Å². The second-order valence-corrected chi connectivity index (χ2v) is 2.19. The van der Waals surface area contributed by atoms with Gasteiger partial charge in [0.1, 0.15) is 7.57 Å². The van der Waals surface area contributed by atoms with E-state index < -0.39 is 8.40 Å². The Morgan fingerprint density at radius 1 is 2.50 bits per heavy atom. The quantitative estimate of drug-likeness (QED) is 0.327. The molecule has 2 radical (unpaired) electrons. The molecule has 0 aromatic rings. The van der Waals surface area contributed by atoms with Crippen molar-refractivity contribution in [2.45, 2.75) is 0 Å². The van der Waals surface area contributed by atoms with Gasteiger partial charge in [-0.3, -0.25) is 0 Å². The van der Waals surface area contributed by atoms with Crippen molar-refractivity contribution in [3.05, 3.63) is 0 Å². The summed E-state index contributed by atoms with van der Waals surface area (Å²) < 4.78 is 6.65. The van der Waals surface area contributed by atoms with Crippen LogP contribution >= 0.6 is 17.6 Å². The Morgan fingerprint density at radius 2 is 2.75 bits per heavy atom. The third-order valence-corrected chi connectivity index (χ3v) is 0.949. The van der Waals surface area contributed by atoms with E-state index in [0.29, 0.717) is 0 Å². The fraction of sp³-hybridized carbons (Fsp3) is 1.00. The summed E-state index contributed by atoms with van der Waals surface area (Å²) in [4.78, 5) is 0. The van der Waals surface area contributed by atoms with Crippen molar-refractivity contribution in [3.63, 3.8) is 0 Å². The Bertz CT molecular complexity index is 23.6. The van der Waals surface area contributed by atoms with E-state index in [9.17, 15) is 0 Å². The van der Waals surface area contributed by atoms with Crippen molar-refractivity contribution >= 4 is 25.2 Å². The van der Waals surface area contributed by atoms with Crippen molar-refractivity contribution in [1.82, 2.24) is 0 Å². The van der Waals surface area contributed by atoms with E-state index in [1.165, 1.54) is 0 Å². The lowest BCUT2D eigenvalue weighted by Crippen LogP contribution is -1.41. The summed E-state index contributed by atoms with van der Waals surface area (Å²) in [5.74, 6) is 0.731. The molecule has 0 saturated heterocycles. The van der Waals surface area contributed by atoms with Gasteiger partial charge in [-0.2, -0.15) is 8.40 Å². The van der Waals surface area contributed by atoms with Gasteiger partial charge < -0.3 is 0 Å². The van der Waals surface area contributed by atoms with E-state index in [1.54, 1.807) is 0 Å². The van der Waals surface area contributed by atoms with Gasteiger partial charge in [0.15, 0.2) is 0 Å². The molecule has 0 nitrogen and oxygen atoms in total. The molecule has 0 rings (SSSR count). The van der Waals surface area contributed by atoms with Gasteiger partial charge in [0, 0.05) is 1.28 Å². The molecule has 0 bridgehead atoms. The zero-order valence-corrected chi connectivity index (χ0v) is 4.36. The highest BCUT2D eigenvalue weighted by Gasteiger charge is 1.55. The summed E-state index contributed by atoms with van der Waals surface area (Å²) in [6.07, 6.45) is 0. The van der Waals surface area contributed by atoms with Crippen LogP contribution in [0.4, 0.5) is 0 Å². The maximum atomic E-state index is 6.65. The molecule has 0 N–H and O–H groups in total. The third-order valence-electron chi connectivity index (χ3n) is 0.105. The molecule has 3 heteroatoms. The van der Waals surface area contributed by atoms with E-state index in [0.717, 1.165) is 5.90 Å². The van der Waals surface area contributed by atoms with Crippen molar-refractivity contribution in [2.24, 2.45) is 0 Å². The molecule has 0 saturated carbocycles. The van der Waals surface area contributed by atoms with Gasteiger partial charge in [-0.05, 0) is 5.90 Å². The Hall–Kier alpha value is 0.925. The van der Waals surface area contributed by atoms with Crippen LogP contribution in [0.1, 0.15) is 0 Å². The fourth-order valence-electron chi connectivity index (χ4n) is 0. The Labute approximate surface area is 33.4 Å². The van der Waals surface area contributed by atoms with Gasteiger partial charge in [-0.1, -0.05) is 0 Å². The van der Waals surface area contributed by atoms with Gasteiger partial charge in [0.2, 0.25) is 0 Å². The van der Waals surface area contributed by atoms with E-state index in [4.69, 9.17) is 8.84 Å². The van der Waals surface area contributed by atoms with Crippen LogP contribution < -0.4 is 0 Å². The standard InChI is InChI=1S/CH5BP2/c2-4-1-3/h4H,1,3H2/i4T. The summed E-state index contributed by atoms with van der Waals surface area (Å²) >= 11 is 0. The van der Waals surface area contributed by atoms with Crippen LogP contribution in [0.3, 0.4) is 0 Å². The van der Waals surface area contributed by atoms with E-state index in [2.05, 4.69) is 9.24 Å². The predicted molar refractivity (Wildman–Crippen MR) is 28.6 cm³/mol. The number of hydrogen-bond acceptors (Lipinski definition) is 0. The zero-order chi connectivity index (χ0) is 4.28. The minimum atomic E-state index is -0.885. The van der Waals surface area contributed by atoms with Crippen molar-refractivity contribution in [2.75, 3.05) is 5.90 Å². The molecular formula is CH5BP2. The lowest BCUT2D eigenvalue weighted by Gasteiger charge is -1.70. The molecule has 0 aromatic carbocycles. The molecule has 0 aromatic heterocycles. The Morgan fingerprint density at radius 3 is 2.75 bits per heavy atom. The lowest BCUT2D eigenvalue weighted by molar-refractivity contribution is 2.31. The molecule has 2 atom stereocenters. The predicted octanol–water partition coefficient (Wildman–Crippen LogP) is 0.581. The second-order valence-electron chi connectivity index (χ2n) is 0.365. The smallest absolute Gasteiger partial charge is 0.105 e. The van der Waals surface area contributed by atoms with Crippen LogP contribution in [0.15, 0.2) is 0 Å². The van der Waals surface area contributed by atoms with Crippen LogP contribution in [-0.2, 0) is 0 Å². The zero-order valence-electron chi connectivity index (χ0n) is 3.31. The van der Waals surface area contributed by atoms with Gasteiger partial charge in [-0.25, -0.2) is 0 Å². The molecule has 0 heterocycles. The highest BCUT2D eigenvalue weighted by atomic mass is 31.1. The first kappa shape index (κ1) is 3.13. The van der Waals surface area contributed by atoms with Crippen molar-refractivity contribution < 1.29 is 0 Å². The molecule has 0 spiro atoms. The largest absolute Gasteiger partial charge is 0.168 e. The average molecular weight is 91.8 g/mol. The third kappa shape index (κ3) is 2.92. The molecule has 0 aliphatic heterocycles. The fourth-order valence-corrected chi connectivity index (χ4v) is 0. The van der Waals surface area contributed by atoms with Crippen LogP contribution in [0.5, 0.6) is 0 Å². The first-order chi connectivity index (χ1) is 2.27. The molecular weight excluding hydrogens is 84.8 g/mol. The first-order valence-corrected chi connectivity index (χ1v) is 2.95. The van der Waals surface area contributed by atoms with Crippen molar-refractivity contribution in [3.8, 4) is 0 Å². The van der Waals surface area contributed by atoms with Crippen LogP contribution in [0, 0.1) is 0 Å². The average Bonchev–Trinajstić information content (AvgIpc) is 1.38. The summed E-state index contributed by atoms with van der Waals surface area (Å²) in [7, 11) is 6.53. The molecule has 22 valence electrons. The van der Waals surface area contributed by atoms with Gasteiger partial charge in [0.05, 0.1) is 0 Å². The SMILES string of the molecule is [3H]P([B])CP. The molecule has 2 unspecified atom stereocenters. The van der Waals surface area contributed by atoms with Crippen LogP contribution in [-0.4, -0.2) is 14.7 Å². The molecule has 0 fully saturated rings. The van der Waals surface area contributed by atoms with E-state index in [1.807, 2.05) is 0 Å². The summed E-state index contributed by atoms with van der Waals surface area (Å²) in [6.45, 7) is 0. The summed E-state index contributed by atoms with van der Waals surface area (Å²) in [5, 5.41) is 0. The van der Waals surface area contributed by atoms with Crippen LogP contribution in [0.25, 0.3) is 0 Å². The lowest BCUT2D eigenvalue weighted by atomic mass is 10.8. The number of rotatable bonds is 1. The van der Waals surface area contributed by atoms with Crippen LogP contribution in [0.2, 0.25) is 0 Å². The molecule has 0 aliphatic rings. The summed E-state index contributed by atoms with van der Waals surface area (Å²) in [5.41, 5.74) is 0. The molecule has 0 aliphatic carbocycles. The topological polar surface area (TPSA) is 0 Å². The highest BCUT2D eigenvalue weighted by molar-refractivity contribution is 7.71. The molecule has 0 amide bonds. The first-order valence-electron chi connectivity index (χ1n) is 1.43. The maximum absolute atomic E-state index is 6.65. The molecule has 4 heavy (non-hydrogen) atoms. The summed E-state index contributed by atoms with van der Waals surface area (Å²) in [6, 6.07) is 0. The van der Waals surface area contributed by atoms with Gasteiger partial charge >= 0.3 is 0 Å². The van der Waals surface area contributed by atoms with E-state index >= 15 is 0 Å². The minimum Gasteiger partial charge on any atom is -0.168 e. The van der Waals surface area contributed by atoms with Crippen molar-refractivity contribution in [1.29, 1.82) is 1.28 Å². The highest BCUT2D eigenvalue weighted by Crippen LogP contribution is 2.02.